The van der Waals surface area contributed by atoms with Crippen LogP contribution in [0.1, 0.15) is 33.1 Å². The lowest BCUT2D eigenvalue weighted by Gasteiger charge is -2.35. The standard InChI is InChI=1S/C13H25N3O2/c1-4-7-15(10-12(17)14-3)13(18)16-8-5-6-11(2)9-16/h11H,4-10H2,1-3H3,(H,14,17). The van der Waals surface area contributed by atoms with Crippen molar-refractivity contribution in [1.29, 1.82) is 0 Å². The van der Waals surface area contributed by atoms with E-state index in [1.807, 2.05) is 11.8 Å². The average molecular weight is 255 g/mol. The summed E-state index contributed by atoms with van der Waals surface area (Å²) in [6.45, 7) is 6.61. The number of rotatable bonds is 4. The summed E-state index contributed by atoms with van der Waals surface area (Å²) in [6.07, 6.45) is 3.12. The second-order valence-corrected chi connectivity index (χ2v) is 5.07. The SMILES string of the molecule is CCCN(CC(=O)NC)C(=O)N1CCCC(C)C1. The Morgan fingerprint density at radius 3 is 2.72 bits per heavy atom. The number of hydrogen-bond donors (Lipinski definition) is 1. The van der Waals surface area contributed by atoms with E-state index in [1.54, 1.807) is 11.9 Å². The summed E-state index contributed by atoms with van der Waals surface area (Å²) in [7, 11) is 1.60. The van der Waals surface area contributed by atoms with E-state index in [4.69, 9.17) is 0 Å². The van der Waals surface area contributed by atoms with Gasteiger partial charge in [0.2, 0.25) is 5.91 Å². The molecule has 0 aliphatic carbocycles. The van der Waals surface area contributed by atoms with Gasteiger partial charge in [-0.3, -0.25) is 4.79 Å². The van der Waals surface area contributed by atoms with Crippen LogP contribution in [0.4, 0.5) is 4.79 Å². The van der Waals surface area contributed by atoms with Gasteiger partial charge in [-0.05, 0) is 25.2 Å². The van der Waals surface area contributed by atoms with E-state index in [2.05, 4.69) is 12.2 Å². The molecule has 1 aliphatic heterocycles. The maximum atomic E-state index is 12.4. The van der Waals surface area contributed by atoms with Crippen molar-refractivity contribution in [2.45, 2.75) is 33.1 Å². The Morgan fingerprint density at radius 1 is 1.44 bits per heavy atom. The fourth-order valence-electron chi connectivity index (χ4n) is 2.33. The molecule has 5 heteroatoms. The van der Waals surface area contributed by atoms with Crippen LogP contribution in [0.25, 0.3) is 0 Å². The van der Waals surface area contributed by atoms with Crippen LogP contribution >= 0.6 is 0 Å². The van der Waals surface area contributed by atoms with Crippen molar-refractivity contribution in [2.75, 3.05) is 33.2 Å². The first-order valence-electron chi connectivity index (χ1n) is 6.82. The van der Waals surface area contributed by atoms with E-state index in [-0.39, 0.29) is 18.5 Å². The molecular formula is C13H25N3O2. The van der Waals surface area contributed by atoms with Crippen molar-refractivity contribution >= 4 is 11.9 Å². The van der Waals surface area contributed by atoms with Crippen LogP contribution in [-0.4, -0.2) is 55.0 Å². The molecule has 0 bridgehead atoms. The van der Waals surface area contributed by atoms with E-state index in [9.17, 15) is 9.59 Å². The van der Waals surface area contributed by atoms with Crippen molar-refractivity contribution in [3.8, 4) is 0 Å². The van der Waals surface area contributed by atoms with Crippen LogP contribution in [0.15, 0.2) is 0 Å². The zero-order chi connectivity index (χ0) is 13.5. The maximum absolute atomic E-state index is 12.4. The summed E-state index contributed by atoms with van der Waals surface area (Å²) >= 11 is 0. The molecule has 1 fully saturated rings. The fourth-order valence-corrected chi connectivity index (χ4v) is 2.33. The number of likely N-dealkylation sites (tertiary alicyclic amines) is 1. The number of nitrogens with one attached hydrogen (secondary N) is 1. The summed E-state index contributed by atoms with van der Waals surface area (Å²) in [5.74, 6) is 0.452. The minimum atomic E-state index is -0.109. The van der Waals surface area contributed by atoms with Crippen LogP contribution < -0.4 is 5.32 Å². The van der Waals surface area contributed by atoms with E-state index < -0.39 is 0 Å². The quantitative estimate of drug-likeness (QED) is 0.823. The second-order valence-electron chi connectivity index (χ2n) is 5.07. The number of urea groups is 1. The van der Waals surface area contributed by atoms with Crippen LogP contribution in [-0.2, 0) is 4.79 Å². The highest BCUT2D eigenvalue weighted by atomic mass is 16.2. The molecule has 1 atom stereocenters. The minimum Gasteiger partial charge on any atom is -0.358 e. The molecule has 18 heavy (non-hydrogen) atoms. The average Bonchev–Trinajstić information content (AvgIpc) is 2.37. The van der Waals surface area contributed by atoms with Gasteiger partial charge in [-0.2, -0.15) is 0 Å². The molecule has 1 rings (SSSR count). The van der Waals surface area contributed by atoms with Gasteiger partial charge in [0.25, 0.3) is 0 Å². The molecule has 104 valence electrons. The molecule has 1 aliphatic rings. The Kier molecular flexibility index (Phi) is 5.95. The van der Waals surface area contributed by atoms with Gasteiger partial charge in [-0.25, -0.2) is 4.79 Å². The van der Waals surface area contributed by atoms with E-state index in [0.717, 1.165) is 25.9 Å². The third kappa shape index (κ3) is 4.20. The summed E-state index contributed by atoms with van der Waals surface area (Å²) in [6, 6.07) is 0.00648. The van der Waals surface area contributed by atoms with Crippen molar-refractivity contribution in [2.24, 2.45) is 5.92 Å². The molecular weight excluding hydrogens is 230 g/mol. The Balaban J connectivity index is 2.60. The molecule has 1 N–H and O–H groups in total. The van der Waals surface area contributed by atoms with Gasteiger partial charge in [0.1, 0.15) is 6.54 Å². The molecule has 0 aromatic rings. The molecule has 1 unspecified atom stereocenters. The summed E-state index contributed by atoms with van der Waals surface area (Å²) < 4.78 is 0. The lowest BCUT2D eigenvalue weighted by atomic mass is 10.0. The Hall–Kier alpha value is -1.26. The van der Waals surface area contributed by atoms with Gasteiger partial charge < -0.3 is 15.1 Å². The van der Waals surface area contributed by atoms with E-state index in [0.29, 0.717) is 12.5 Å². The van der Waals surface area contributed by atoms with E-state index in [1.165, 1.54) is 6.42 Å². The van der Waals surface area contributed by atoms with Crippen LogP contribution in [0.2, 0.25) is 0 Å². The first-order valence-corrected chi connectivity index (χ1v) is 6.82. The highest BCUT2D eigenvalue weighted by molar-refractivity contribution is 5.83. The number of piperidine rings is 1. The predicted molar refractivity (Wildman–Crippen MR) is 71.3 cm³/mol. The molecule has 0 aromatic heterocycles. The fraction of sp³-hybridized carbons (Fsp3) is 0.846. The van der Waals surface area contributed by atoms with Crippen LogP contribution in [0, 0.1) is 5.92 Å². The van der Waals surface area contributed by atoms with Crippen LogP contribution in [0.5, 0.6) is 0 Å². The van der Waals surface area contributed by atoms with Gasteiger partial charge in [0, 0.05) is 26.7 Å². The maximum Gasteiger partial charge on any atom is 0.320 e. The lowest BCUT2D eigenvalue weighted by molar-refractivity contribution is -0.121. The van der Waals surface area contributed by atoms with Gasteiger partial charge >= 0.3 is 6.03 Å². The van der Waals surface area contributed by atoms with Crippen molar-refractivity contribution in [3.63, 3.8) is 0 Å². The van der Waals surface area contributed by atoms with Gasteiger partial charge in [-0.1, -0.05) is 13.8 Å². The first kappa shape index (κ1) is 14.8. The van der Waals surface area contributed by atoms with Crippen molar-refractivity contribution in [1.82, 2.24) is 15.1 Å². The largest absolute Gasteiger partial charge is 0.358 e. The molecule has 1 saturated heterocycles. The third-order valence-corrected chi connectivity index (χ3v) is 3.30. The topological polar surface area (TPSA) is 52.7 Å². The summed E-state index contributed by atoms with van der Waals surface area (Å²) in [5.41, 5.74) is 0. The Labute approximate surface area is 110 Å². The normalized spacial score (nSPS) is 19.5. The Bertz CT molecular complexity index is 294. The minimum absolute atomic E-state index is 0.00648. The number of likely N-dealkylation sites (N-methyl/N-ethyl adjacent to an activating group) is 1. The molecule has 0 radical (unpaired) electrons. The summed E-state index contributed by atoms with van der Waals surface area (Å²) in [4.78, 5) is 27.3. The van der Waals surface area contributed by atoms with Crippen LogP contribution in [0.3, 0.4) is 0 Å². The third-order valence-electron chi connectivity index (χ3n) is 3.30. The van der Waals surface area contributed by atoms with Crippen molar-refractivity contribution in [3.05, 3.63) is 0 Å². The number of carbonyl (C=O) groups excluding carboxylic acids is 2. The van der Waals surface area contributed by atoms with Gasteiger partial charge in [0.15, 0.2) is 0 Å². The smallest absolute Gasteiger partial charge is 0.320 e. The number of carbonyl (C=O) groups is 2. The molecule has 0 spiro atoms. The second kappa shape index (κ2) is 7.24. The van der Waals surface area contributed by atoms with Gasteiger partial charge in [-0.15, -0.1) is 0 Å². The first-order chi connectivity index (χ1) is 8.58. The number of hydrogen-bond acceptors (Lipinski definition) is 2. The molecule has 0 saturated carbocycles. The number of amides is 3. The highest BCUT2D eigenvalue weighted by Crippen LogP contribution is 2.16. The molecule has 1 heterocycles. The zero-order valence-electron chi connectivity index (χ0n) is 11.7. The monoisotopic (exact) mass is 255 g/mol. The Morgan fingerprint density at radius 2 is 2.17 bits per heavy atom. The number of nitrogens with zero attached hydrogens (tertiary/aromatic N) is 2. The molecule has 0 aromatic carbocycles. The summed E-state index contributed by atoms with van der Waals surface area (Å²) in [5, 5.41) is 2.57. The van der Waals surface area contributed by atoms with Gasteiger partial charge in [0.05, 0.1) is 0 Å². The lowest BCUT2D eigenvalue weighted by Crippen LogP contribution is -2.50. The molecule has 5 nitrogen and oxygen atoms in total. The van der Waals surface area contributed by atoms with Crippen molar-refractivity contribution < 1.29 is 9.59 Å². The van der Waals surface area contributed by atoms with E-state index >= 15 is 0 Å². The highest BCUT2D eigenvalue weighted by Gasteiger charge is 2.25. The molecule has 3 amide bonds. The predicted octanol–water partition coefficient (Wildman–Crippen LogP) is 1.30. The zero-order valence-corrected chi connectivity index (χ0v) is 11.7.